The molecule has 3 amide bonds. The van der Waals surface area contributed by atoms with Gasteiger partial charge in [0.2, 0.25) is 11.8 Å². The molecule has 0 atom stereocenters. The first-order valence-electron chi connectivity index (χ1n) is 8.78. The third-order valence-electron chi connectivity index (χ3n) is 4.45. The summed E-state index contributed by atoms with van der Waals surface area (Å²) in [7, 11) is 0. The van der Waals surface area contributed by atoms with Gasteiger partial charge in [0.05, 0.1) is 12.1 Å². The number of carbonyl (C=O) groups is 3. The van der Waals surface area contributed by atoms with Gasteiger partial charge >= 0.3 is 0 Å². The van der Waals surface area contributed by atoms with E-state index in [4.69, 9.17) is 5.73 Å². The number of rotatable bonds is 7. The van der Waals surface area contributed by atoms with Crippen molar-refractivity contribution < 1.29 is 14.4 Å². The Balaban J connectivity index is 1.62. The zero-order valence-electron chi connectivity index (χ0n) is 15.0. The Morgan fingerprint density at radius 2 is 1.59 bits per heavy atom. The van der Waals surface area contributed by atoms with Crippen LogP contribution in [0.2, 0.25) is 0 Å². The number of carbonyl (C=O) groups excluding carboxylic acids is 3. The first-order valence-corrected chi connectivity index (χ1v) is 8.78. The number of hydrogen-bond donors (Lipinski definition) is 4. The van der Waals surface area contributed by atoms with E-state index in [-0.39, 0.29) is 24.3 Å². The molecule has 0 spiro atoms. The number of para-hydroxylation sites is 1. The third-order valence-corrected chi connectivity index (χ3v) is 4.45. The Labute approximate surface area is 157 Å². The van der Waals surface area contributed by atoms with Crippen molar-refractivity contribution in [2.45, 2.75) is 19.8 Å². The van der Waals surface area contributed by atoms with Gasteiger partial charge < -0.3 is 21.7 Å². The fourth-order valence-electron chi connectivity index (χ4n) is 2.71. The SMILES string of the molecule is Cc1c(NC(=O)CNc2ccccc2C(N)=O)cccc1NC(=O)C1CC1. The van der Waals surface area contributed by atoms with E-state index in [0.29, 0.717) is 22.6 Å². The van der Waals surface area contributed by atoms with E-state index in [9.17, 15) is 14.4 Å². The van der Waals surface area contributed by atoms with Gasteiger partial charge in [0.15, 0.2) is 0 Å². The Kier molecular flexibility index (Phi) is 5.40. The lowest BCUT2D eigenvalue weighted by molar-refractivity contribution is -0.117. The zero-order valence-corrected chi connectivity index (χ0v) is 15.0. The maximum Gasteiger partial charge on any atom is 0.250 e. The van der Waals surface area contributed by atoms with Crippen LogP contribution in [0.25, 0.3) is 0 Å². The lowest BCUT2D eigenvalue weighted by Gasteiger charge is -2.14. The van der Waals surface area contributed by atoms with Crippen LogP contribution in [0.1, 0.15) is 28.8 Å². The third kappa shape index (κ3) is 4.63. The quantitative estimate of drug-likeness (QED) is 0.603. The lowest BCUT2D eigenvalue weighted by atomic mass is 10.1. The van der Waals surface area contributed by atoms with Crippen LogP contribution in [0.5, 0.6) is 0 Å². The van der Waals surface area contributed by atoms with E-state index >= 15 is 0 Å². The molecule has 5 N–H and O–H groups in total. The summed E-state index contributed by atoms with van der Waals surface area (Å²) in [5, 5.41) is 8.65. The van der Waals surface area contributed by atoms with Gasteiger partial charge in [0.1, 0.15) is 0 Å². The molecule has 0 aliphatic heterocycles. The van der Waals surface area contributed by atoms with E-state index < -0.39 is 5.91 Å². The van der Waals surface area contributed by atoms with E-state index in [1.54, 1.807) is 36.4 Å². The molecule has 0 radical (unpaired) electrons. The highest BCUT2D eigenvalue weighted by Gasteiger charge is 2.29. The predicted octanol–water partition coefficient (Wildman–Crippen LogP) is 2.49. The van der Waals surface area contributed by atoms with Gasteiger partial charge in [-0.2, -0.15) is 0 Å². The number of nitrogens with one attached hydrogen (secondary N) is 3. The van der Waals surface area contributed by atoms with E-state index in [0.717, 1.165) is 18.4 Å². The molecule has 1 fully saturated rings. The summed E-state index contributed by atoms with van der Waals surface area (Å²) in [5.41, 5.74) is 8.26. The van der Waals surface area contributed by atoms with Crippen molar-refractivity contribution in [2.24, 2.45) is 11.7 Å². The summed E-state index contributed by atoms with van der Waals surface area (Å²) in [6.45, 7) is 1.82. The number of hydrogen-bond acceptors (Lipinski definition) is 4. The monoisotopic (exact) mass is 366 g/mol. The van der Waals surface area contributed by atoms with E-state index in [1.807, 2.05) is 13.0 Å². The molecule has 1 saturated carbocycles. The number of nitrogens with two attached hydrogens (primary N) is 1. The summed E-state index contributed by atoms with van der Waals surface area (Å²) in [5.74, 6) is -0.708. The van der Waals surface area contributed by atoms with Crippen LogP contribution in [0.15, 0.2) is 42.5 Å². The average Bonchev–Trinajstić information content (AvgIpc) is 3.48. The largest absolute Gasteiger partial charge is 0.376 e. The van der Waals surface area contributed by atoms with Gasteiger partial charge in [-0.15, -0.1) is 0 Å². The molecule has 2 aromatic carbocycles. The molecule has 1 aliphatic carbocycles. The molecule has 1 aliphatic rings. The standard InChI is InChI=1S/C20H22N4O3/c1-12-15(7-4-8-16(12)24-20(27)13-9-10-13)23-18(25)11-22-17-6-3-2-5-14(17)19(21)26/h2-8,13,22H,9-11H2,1H3,(H2,21,26)(H,23,25)(H,24,27). The number of anilines is 3. The number of amides is 3. The molecule has 7 heteroatoms. The molecular formula is C20H22N4O3. The summed E-state index contributed by atoms with van der Waals surface area (Å²) in [6.07, 6.45) is 1.86. The van der Waals surface area contributed by atoms with Gasteiger partial charge in [-0.25, -0.2) is 0 Å². The minimum absolute atomic E-state index is 0.0197. The summed E-state index contributed by atoms with van der Waals surface area (Å²) in [6, 6.07) is 12.1. The molecular weight excluding hydrogens is 344 g/mol. The smallest absolute Gasteiger partial charge is 0.250 e. The summed E-state index contributed by atoms with van der Waals surface area (Å²) in [4.78, 5) is 35.7. The molecule has 7 nitrogen and oxygen atoms in total. The molecule has 0 bridgehead atoms. The highest BCUT2D eigenvalue weighted by atomic mass is 16.2. The van der Waals surface area contributed by atoms with Crippen LogP contribution in [0, 0.1) is 12.8 Å². The second kappa shape index (κ2) is 7.90. The molecule has 0 aromatic heterocycles. The summed E-state index contributed by atoms with van der Waals surface area (Å²) < 4.78 is 0. The molecule has 0 unspecified atom stereocenters. The molecule has 27 heavy (non-hydrogen) atoms. The minimum Gasteiger partial charge on any atom is -0.376 e. The van der Waals surface area contributed by atoms with E-state index in [1.165, 1.54) is 0 Å². The van der Waals surface area contributed by atoms with Crippen LogP contribution >= 0.6 is 0 Å². The van der Waals surface area contributed by atoms with Crippen LogP contribution < -0.4 is 21.7 Å². The van der Waals surface area contributed by atoms with Crippen LogP contribution in [0.4, 0.5) is 17.1 Å². The summed E-state index contributed by atoms with van der Waals surface area (Å²) >= 11 is 0. The molecule has 140 valence electrons. The highest BCUT2D eigenvalue weighted by Crippen LogP contribution is 2.31. The van der Waals surface area contributed by atoms with E-state index in [2.05, 4.69) is 16.0 Å². The van der Waals surface area contributed by atoms with Gasteiger partial charge in [-0.3, -0.25) is 14.4 Å². The Morgan fingerprint density at radius 1 is 0.963 bits per heavy atom. The van der Waals surface area contributed by atoms with Gasteiger partial charge in [-0.1, -0.05) is 18.2 Å². The van der Waals surface area contributed by atoms with Gasteiger partial charge in [-0.05, 0) is 49.6 Å². The Bertz CT molecular complexity index is 891. The minimum atomic E-state index is -0.562. The van der Waals surface area contributed by atoms with Crippen LogP contribution in [-0.4, -0.2) is 24.3 Å². The van der Waals surface area contributed by atoms with Crippen molar-refractivity contribution in [3.8, 4) is 0 Å². The Hall–Kier alpha value is -3.35. The van der Waals surface area contributed by atoms with Gasteiger partial charge in [0, 0.05) is 23.0 Å². The predicted molar refractivity (Wildman–Crippen MR) is 105 cm³/mol. The van der Waals surface area contributed by atoms with Crippen molar-refractivity contribution in [2.75, 3.05) is 22.5 Å². The fourth-order valence-corrected chi connectivity index (χ4v) is 2.71. The Morgan fingerprint density at radius 3 is 2.26 bits per heavy atom. The van der Waals surface area contributed by atoms with Crippen molar-refractivity contribution in [1.29, 1.82) is 0 Å². The normalized spacial score (nSPS) is 12.9. The van der Waals surface area contributed by atoms with Gasteiger partial charge in [0.25, 0.3) is 5.91 Å². The highest BCUT2D eigenvalue weighted by molar-refractivity contribution is 6.01. The lowest BCUT2D eigenvalue weighted by Crippen LogP contribution is -2.24. The van der Waals surface area contributed by atoms with Crippen molar-refractivity contribution >= 4 is 34.8 Å². The zero-order chi connectivity index (χ0) is 19.4. The van der Waals surface area contributed by atoms with Crippen molar-refractivity contribution in [1.82, 2.24) is 0 Å². The average molecular weight is 366 g/mol. The maximum atomic E-state index is 12.3. The molecule has 2 aromatic rings. The molecule has 0 heterocycles. The molecule has 3 rings (SSSR count). The van der Waals surface area contributed by atoms with Crippen molar-refractivity contribution in [3.63, 3.8) is 0 Å². The topological polar surface area (TPSA) is 113 Å². The number of primary amides is 1. The number of benzene rings is 2. The molecule has 0 saturated heterocycles. The maximum absolute atomic E-state index is 12.3. The first kappa shape index (κ1) is 18.4. The second-order valence-electron chi connectivity index (χ2n) is 6.55. The fraction of sp³-hybridized carbons (Fsp3) is 0.250. The van der Waals surface area contributed by atoms with Crippen LogP contribution in [-0.2, 0) is 9.59 Å². The first-order chi connectivity index (χ1) is 13.0. The van der Waals surface area contributed by atoms with Crippen LogP contribution in [0.3, 0.4) is 0 Å². The second-order valence-corrected chi connectivity index (χ2v) is 6.55. The van der Waals surface area contributed by atoms with Crippen molar-refractivity contribution in [3.05, 3.63) is 53.6 Å².